The van der Waals surface area contributed by atoms with Crippen molar-refractivity contribution in [1.29, 1.82) is 0 Å². The molecule has 1 N–H and O–H groups in total. The van der Waals surface area contributed by atoms with Crippen LogP contribution < -0.4 is 5.32 Å². The number of likely N-dealkylation sites (tertiary alicyclic amines) is 1. The second-order valence-corrected chi connectivity index (χ2v) is 5.30. The van der Waals surface area contributed by atoms with Gasteiger partial charge in [0.1, 0.15) is 5.76 Å². The summed E-state index contributed by atoms with van der Waals surface area (Å²) in [6.45, 7) is 5.36. The Hall–Kier alpha value is -0.840. The van der Waals surface area contributed by atoms with Gasteiger partial charge < -0.3 is 19.5 Å². The number of furan rings is 1. The highest BCUT2D eigenvalue weighted by molar-refractivity contribution is 4.97. The average molecular weight is 251 g/mol. The van der Waals surface area contributed by atoms with Gasteiger partial charge in [0.15, 0.2) is 0 Å². The number of hydrogen-bond acceptors (Lipinski definition) is 4. The quantitative estimate of drug-likeness (QED) is 0.742. The van der Waals surface area contributed by atoms with E-state index in [1.165, 1.54) is 25.9 Å². The molecule has 0 aliphatic carbocycles. The van der Waals surface area contributed by atoms with E-state index < -0.39 is 0 Å². The molecule has 0 bridgehead atoms. The van der Waals surface area contributed by atoms with Crippen molar-refractivity contribution >= 4 is 0 Å². The minimum atomic E-state index is 0.750. The molecule has 4 nitrogen and oxygen atoms in total. The first-order valence-electron chi connectivity index (χ1n) is 6.87. The van der Waals surface area contributed by atoms with Crippen molar-refractivity contribution in [2.75, 3.05) is 40.3 Å². The molecule has 1 saturated heterocycles. The molecule has 0 saturated carbocycles. The molecule has 0 aromatic carbocycles. The molecule has 1 aliphatic rings. The number of hydrogen-bond donors (Lipinski definition) is 1. The monoisotopic (exact) mass is 251 g/mol. The predicted molar refractivity (Wildman–Crippen MR) is 73.6 cm³/mol. The van der Waals surface area contributed by atoms with Crippen molar-refractivity contribution in [3.8, 4) is 0 Å². The first-order chi connectivity index (χ1) is 8.75. The third-order valence-corrected chi connectivity index (χ3v) is 3.74. The highest BCUT2D eigenvalue weighted by Gasteiger charge is 2.21. The SMILES string of the molecule is CN(CCNCc1ccco1)CC1CCCN1C. The number of nitrogens with zero attached hydrogens (tertiary/aromatic N) is 2. The molecule has 1 atom stereocenters. The van der Waals surface area contributed by atoms with Crippen LogP contribution in [0.4, 0.5) is 0 Å². The summed E-state index contributed by atoms with van der Waals surface area (Å²) in [4.78, 5) is 4.90. The molecule has 0 amide bonds. The van der Waals surface area contributed by atoms with Crippen LogP contribution in [0.5, 0.6) is 0 Å². The van der Waals surface area contributed by atoms with Gasteiger partial charge in [-0.15, -0.1) is 0 Å². The lowest BCUT2D eigenvalue weighted by molar-refractivity contribution is 0.220. The summed E-state index contributed by atoms with van der Waals surface area (Å²) >= 11 is 0. The van der Waals surface area contributed by atoms with Gasteiger partial charge in [-0.1, -0.05) is 0 Å². The second kappa shape index (κ2) is 6.92. The molecule has 2 rings (SSSR count). The zero-order valence-corrected chi connectivity index (χ0v) is 11.6. The van der Waals surface area contributed by atoms with Gasteiger partial charge in [0.2, 0.25) is 0 Å². The maximum Gasteiger partial charge on any atom is 0.117 e. The molecule has 18 heavy (non-hydrogen) atoms. The zero-order valence-electron chi connectivity index (χ0n) is 11.6. The van der Waals surface area contributed by atoms with Crippen LogP contribution in [-0.2, 0) is 6.54 Å². The highest BCUT2D eigenvalue weighted by Crippen LogP contribution is 2.15. The van der Waals surface area contributed by atoms with Gasteiger partial charge in [0.05, 0.1) is 12.8 Å². The van der Waals surface area contributed by atoms with E-state index in [1.807, 2.05) is 12.1 Å². The van der Waals surface area contributed by atoms with Crippen molar-refractivity contribution in [2.45, 2.75) is 25.4 Å². The van der Waals surface area contributed by atoms with E-state index in [2.05, 4.69) is 29.2 Å². The number of likely N-dealkylation sites (N-methyl/N-ethyl adjacent to an activating group) is 2. The molecular weight excluding hydrogens is 226 g/mol. The van der Waals surface area contributed by atoms with Gasteiger partial charge in [-0.3, -0.25) is 0 Å². The van der Waals surface area contributed by atoms with E-state index in [9.17, 15) is 0 Å². The summed E-state index contributed by atoms with van der Waals surface area (Å²) in [5.41, 5.74) is 0. The maximum absolute atomic E-state index is 5.28. The summed E-state index contributed by atoms with van der Waals surface area (Å²) in [5, 5.41) is 3.41. The molecule has 0 spiro atoms. The van der Waals surface area contributed by atoms with Crippen LogP contribution in [-0.4, -0.2) is 56.1 Å². The Morgan fingerprint density at radius 3 is 3.11 bits per heavy atom. The molecule has 0 radical (unpaired) electrons. The van der Waals surface area contributed by atoms with Crippen molar-refractivity contribution in [3.05, 3.63) is 24.2 Å². The third kappa shape index (κ3) is 4.12. The number of nitrogens with one attached hydrogen (secondary N) is 1. The maximum atomic E-state index is 5.28. The fraction of sp³-hybridized carbons (Fsp3) is 0.714. The minimum absolute atomic E-state index is 0.750. The molecule has 1 aliphatic heterocycles. The normalized spacial score (nSPS) is 20.9. The van der Waals surface area contributed by atoms with Crippen LogP contribution in [0.2, 0.25) is 0 Å². The van der Waals surface area contributed by atoms with Crippen molar-refractivity contribution < 1.29 is 4.42 Å². The molecule has 4 heteroatoms. The van der Waals surface area contributed by atoms with Crippen LogP contribution in [0, 0.1) is 0 Å². The topological polar surface area (TPSA) is 31.6 Å². The lowest BCUT2D eigenvalue weighted by Gasteiger charge is -2.25. The van der Waals surface area contributed by atoms with Gasteiger partial charge in [-0.2, -0.15) is 0 Å². The van der Waals surface area contributed by atoms with Crippen LogP contribution in [0.1, 0.15) is 18.6 Å². The fourth-order valence-electron chi connectivity index (χ4n) is 2.56. The van der Waals surface area contributed by atoms with Crippen LogP contribution in [0.15, 0.2) is 22.8 Å². The summed E-state index contributed by atoms with van der Waals surface area (Å²) in [6.07, 6.45) is 4.42. The average Bonchev–Trinajstić information content (AvgIpc) is 2.98. The summed E-state index contributed by atoms with van der Waals surface area (Å²) in [7, 11) is 4.45. The Morgan fingerprint density at radius 2 is 2.44 bits per heavy atom. The Morgan fingerprint density at radius 1 is 1.56 bits per heavy atom. The van der Waals surface area contributed by atoms with Crippen molar-refractivity contribution in [3.63, 3.8) is 0 Å². The van der Waals surface area contributed by atoms with E-state index in [0.29, 0.717) is 0 Å². The van der Waals surface area contributed by atoms with Gasteiger partial charge in [0.25, 0.3) is 0 Å². The first-order valence-corrected chi connectivity index (χ1v) is 6.87. The largest absolute Gasteiger partial charge is 0.468 e. The zero-order chi connectivity index (χ0) is 12.8. The Labute approximate surface area is 110 Å². The molecule has 1 unspecified atom stereocenters. The van der Waals surface area contributed by atoms with Gasteiger partial charge in [0, 0.05) is 25.7 Å². The molecule has 102 valence electrons. The standard InChI is InChI=1S/C14H25N3O/c1-16(12-13-5-3-8-17(13)2)9-7-15-11-14-6-4-10-18-14/h4,6,10,13,15H,3,5,7-9,11-12H2,1-2H3. The van der Waals surface area contributed by atoms with Gasteiger partial charge >= 0.3 is 0 Å². The molecule has 1 aromatic rings. The molecule has 2 heterocycles. The van der Waals surface area contributed by atoms with Crippen molar-refractivity contribution in [2.24, 2.45) is 0 Å². The van der Waals surface area contributed by atoms with Crippen LogP contribution >= 0.6 is 0 Å². The van der Waals surface area contributed by atoms with E-state index >= 15 is 0 Å². The van der Waals surface area contributed by atoms with Crippen LogP contribution in [0.3, 0.4) is 0 Å². The van der Waals surface area contributed by atoms with Crippen LogP contribution in [0.25, 0.3) is 0 Å². The van der Waals surface area contributed by atoms with E-state index in [-0.39, 0.29) is 0 Å². The Kier molecular flexibility index (Phi) is 5.23. The van der Waals surface area contributed by atoms with E-state index in [4.69, 9.17) is 4.42 Å². The Bertz CT molecular complexity index is 326. The first kappa shape index (κ1) is 13.6. The Balaban J connectivity index is 1.55. The smallest absolute Gasteiger partial charge is 0.117 e. The summed E-state index contributed by atoms with van der Waals surface area (Å²) < 4.78 is 5.28. The second-order valence-electron chi connectivity index (χ2n) is 5.30. The highest BCUT2D eigenvalue weighted by atomic mass is 16.3. The van der Waals surface area contributed by atoms with E-state index in [0.717, 1.165) is 31.4 Å². The summed E-state index contributed by atoms with van der Waals surface area (Å²) in [5.74, 6) is 1.01. The molecule has 1 aromatic heterocycles. The summed E-state index contributed by atoms with van der Waals surface area (Å²) in [6, 6.07) is 4.68. The van der Waals surface area contributed by atoms with Gasteiger partial charge in [-0.05, 0) is 45.6 Å². The van der Waals surface area contributed by atoms with Crippen molar-refractivity contribution in [1.82, 2.24) is 15.1 Å². The number of rotatable bonds is 7. The predicted octanol–water partition coefficient (Wildman–Crippen LogP) is 1.40. The van der Waals surface area contributed by atoms with E-state index in [1.54, 1.807) is 6.26 Å². The lowest BCUT2D eigenvalue weighted by atomic mass is 10.2. The molecule has 1 fully saturated rings. The lowest BCUT2D eigenvalue weighted by Crippen LogP contribution is -2.39. The third-order valence-electron chi connectivity index (χ3n) is 3.74. The molecular formula is C14H25N3O. The fourth-order valence-corrected chi connectivity index (χ4v) is 2.56. The minimum Gasteiger partial charge on any atom is -0.468 e. The van der Waals surface area contributed by atoms with Gasteiger partial charge in [-0.25, -0.2) is 0 Å².